The molecule has 0 saturated carbocycles. The Morgan fingerprint density at radius 2 is 1.31 bits per heavy atom. The zero-order valence-electron chi connectivity index (χ0n) is 37.0. The molecule has 5 amide bonds. The number of benzene rings is 4. The second-order valence-electron chi connectivity index (χ2n) is 17.4. The lowest BCUT2D eigenvalue weighted by molar-refractivity contribution is -0.136. The molecule has 1 aliphatic rings. The summed E-state index contributed by atoms with van der Waals surface area (Å²) in [5, 5.41) is 45.6. The lowest BCUT2D eigenvalue weighted by Gasteiger charge is -2.43. The van der Waals surface area contributed by atoms with Crippen LogP contribution < -0.4 is 32.3 Å². The van der Waals surface area contributed by atoms with Crippen LogP contribution in [0.3, 0.4) is 0 Å². The van der Waals surface area contributed by atoms with Crippen molar-refractivity contribution in [2.75, 3.05) is 19.6 Å². The highest BCUT2D eigenvalue weighted by Gasteiger charge is 2.41. The number of carbonyl (C=O) groups excluding carboxylic acids is 5. The Kier molecular flexibility index (Phi) is 17.4. The molecule has 1 aliphatic heterocycles. The molecular weight excluding hydrogens is 815 g/mol. The molecule has 4 aromatic carbocycles. The van der Waals surface area contributed by atoms with Crippen molar-refractivity contribution < 1.29 is 39.3 Å². The highest BCUT2D eigenvalue weighted by Crippen LogP contribution is 2.34. The summed E-state index contributed by atoms with van der Waals surface area (Å²) >= 11 is 0. The molecule has 5 rings (SSSR count). The predicted molar refractivity (Wildman–Crippen MR) is 244 cm³/mol. The van der Waals surface area contributed by atoms with Gasteiger partial charge in [0, 0.05) is 26.2 Å². The van der Waals surface area contributed by atoms with Crippen LogP contribution in [0.4, 0.5) is 0 Å². The number of hydrogen-bond donors (Lipinski definition) is 9. The first-order chi connectivity index (χ1) is 30.5. The van der Waals surface area contributed by atoms with E-state index in [1.165, 1.54) is 11.6 Å². The molecule has 0 aromatic heterocycles. The molecule has 0 unspecified atom stereocenters. The summed E-state index contributed by atoms with van der Waals surface area (Å²) in [4.78, 5) is 70.7. The number of nitrogens with two attached hydrogens (primary N) is 1. The average Bonchev–Trinajstić information content (AvgIpc) is 3.28. The number of rotatable bonds is 20. The minimum absolute atomic E-state index is 0.0783. The molecule has 5 atom stereocenters. The van der Waals surface area contributed by atoms with E-state index >= 15 is 0 Å². The first-order valence-corrected chi connectivity index (χ1v) is 21.9. The van der Waals surface area contributed by atoms with Crippen LogP contribution in [0.1, 0.15) is 74.0 Å². The molecule has 64 heavy (non-hydrogen) atoms. The number of carbonyl (C=O) groups is 5. The third-order valence-electron chi connectivity index (χ3n) is 11.6. The number of hydrogen-bond acceptors (Lipinski definition) is 10. The SMILES string of the molecule is CC(C)C[C@H](NC(=O)[C@@H](NC(=O)[C@@H](N)CNC(=O)c1cc(O)ccc1O)C(C)C)C(=O)N[C@@H](Cc1ccccc1)[C@@H](O)C(=O)NC1(c2ccccc2)CCN(Cc2ccccc2)CC1. The monoisotopic (exact) mass is 877 g/mol. The number of phenols is 2. The molecule has 15 nitrogen and oxygen atoms in total. The fourth-order valence-electron chi connectivity index (χ4n) is 7.92. The molecule has 1 fully saturated rings. The Morgan fingerprint density at radius 1 is 0.719 bits per heavy atom. The maximum absolute atomic E-state index is 14.3. The maximum atomic E-state index is 14.3. The van der Waals surface area contributed by atoms with Crippen molar-refractivity contribution in [3.63, 3.8) is 0 Å². The van der Waals surface area contributed by atoms with Crippen molar-refractivity contribution >= 4 is 29.5 Å². The summed E-state index contributed by atoms with van der Waals surface area (Å²) in [6, 6.07) is 27.9. The Morgan fingerprint density at radius 3 is 1.91 bits per heavy atom. The minimum Gasteiger partial charge on any atom is -0.508 e. The lowest BCUT2D eigenvalue weighted by Crippen LogP contribution is -2.61. The second-order valence-corrected chi connectivity index (χ2v) is 17.4. The van der Waals surface area contributed by atoms with Crippen LogP contribution >= 0.6 is 0 Å². The van der Waals surface area contributed by atoms with Crippen LogP contribution in [0, 0.1) is 11.8 Å². The molecule has 4 aromatic rings. The van der Waals surface area contributed by atoms with E-state index in [2.05, 4.69) is 43.6 Å². The number of nitrogens with one attached hydrogen (secondary N) is 5. The average molecular weight is 878 g/mol. The Hall–Kier alpha value is -6.29. The van der Waals surface area contributed by atoms with Gasteiger partial charge in [-0.3, -0.25) is 28.9 Å². The highest BCUT2D eigenvalue weighted by atomic mass is 16.3. The van der Waals surface area contributed by atoms with Crippen molar-refractivity contribution in [1.82, 2.24) is 31.5 Å². The van der Waals surface area contributed by atoms with E-state index in [0.29, 0.717) is 25.9 Å². The van der Waals surface area contributed by atoms with E-state index in [0.717, 1.165) is 29.8 Å². The third-order valence-corrected chi connectivity index (χ3v) is 11.6. The quantitative estimate of drug-likeness (QED) is 0.0589. The van der Waals surface area contributed by atoms with Crippen molar-refractivity contribution in [3.8, 4) is 11.5 Å². The maximum Gasteiger partial charge on any atom is 0.255 e. The topological polar surface area (TPSA) is 235 Å². The van der Waals surface area contributed by atoms with Gasteiger partial charge in [0.15, 0.2) is 6.10 Å². The number of aliphatic hydroxyl groups is 1. The van der Waals surface area contributed by atoms with Gasteiger partial charge in [-0.15, -0.1) is 0 Å². The van der Waals surface area contributed by atoms with E-state index in [9.17, 15) is 39.3 Å². The second kappa shape index (κ2) is 22.9. The molecule has 0 radical (unpaired) electrons. The largest absolute Gasteiger partial charge is 0.508 e. The molecule has 0 spiro atoms. The number of likely N-dealkylation sites (tertiary alicyclic amines) is 1. The fraction of sp³-hybridized carbons (Fsp3) is 0.408. The van der Waals surface area contributed by atoms with E-state index in [-0.39, 0.29) is 42.4 Å². The van der Waals surface area contributed by atoms with Gasteiger partial charge in [-0.1, -0.05) is 119 Å². The number of amides is 5. The minimum atomic E-state index is -1.68. The standard InChI is InChI=1S/C49H63N7O8/c1-31(2)26-40(53-47(63)42(32(3)4)54-45(61)38(50)29-51-44(60)37-28-36(57)20-21-41(37)58)46(62)52-39(27-33-14-8-5-9-15-33)43(59)48(64)55-49(35-18-12-7-13-19-35)22-24-56(25-23-49)30-34-16-10-6-11-17-34/h5-21,28,31-32,38-40,42-43,57-59H,22-27,29-30,50H2,1-4H3,(H,51,60)(H,52,62)(H,53,63)(H,54,61)(H,55,64)/t38-,39-,40-,42-,43+/m0/s1. The van der Waals surface area contributed by atoms with Crippen molar-refractivity contribution in [2.45, 2.75) is 95.7 Å². The van der Waals surface area contributed by atoms with E-state index in [4.69, 9.17) is 5.73 Å². The zero-order chi connectivity index (χ0) is 46.4. The molecule has 1 heterocycles. The van der Waals surface area contributed by atoms with Gasteiger partial charge in [0.05, 0.1) is 17.1 Å². The van der Waals surface area contributed by atoms with Crippen LogP contribution in [0.2, 0.25) is 0 Å². The van der Waals surface area contributed by atoms with Gasteiger partial charge in [0.25, 0.3) is 11.8 Å². The fourth-order valence-corrected chi connectivity index (χ4v) is 7.92. The first kappa shape index (κ1) is 48.7. The molecule has 1 saturated heterocycles. The van der Waals surface area contributed by atoms with Crippen LogP contribution in [0.15, 0.2) is 109 Å². The van der Waals surface area contributed by atoms with Gasteiger partial charge < -0.3 is 47.6 Å². The van der Waals surface area contributed by atoms with Gasteiger partial charge in [-0.2, -0.15) is 0 Å². The highest BCUT2D eigenvalue weighted by molar-refractivity contribution is 5.98. The summed E-state index contributed by atoms with van der Waals surface area (Å²) in [6.45, 7) is 9.00. The van der Waals surface area contributed by atoms with Crippen LogP contribution in [0.25, 0.3) is 0 Å². The summed E-state index contributed by atoms with van der Waals surface area (Å²) in [5.41, 5.74) is 7.98. The molecule has 0 aliphatic carbocycles. The molecular formula is C49H63N7O8. The smallest absolute Gasteiger partial charge is 0.255 e. The van der Waals surface area contributed by atoms with E-state index in [1.54, 1.807) is 13.8 Å². The third kappa shape index (κ3) is 13.6. The van der Waals surface area contributed by atoms with Crippen LogP contribution in [-0.4, -0.2) is 99.7 Å². The van der Waals surface area contributed by atoms with Crippen LogP contribution in [-0.2, 0) is 37.7 Å². The predicted octanol–water partition coefficient (Wildman–Crippen LogP) is 3.22. The Labute approximate surface area is 375 Å². The molecule has 342 valence electrons. The van der Waals surface area contributed by atoms with Gasteiger partial charge in [0.2, 0.25) is 17.7 Å². The normalized spacial score (nSPS) is 16.1. The van der Waals surface area contributed by atoms with Gasteiger partial charge in [-0.25, -0.2) is 0 Å². The van der Waals surface area contributed by atoms with Gasteiger partial charge in [0.1, 0.15) is 29.6 Å². The van der Waals surface area contributed by atoms with E-state index < -0.39 is 71.3 Å². The Bertz CT molecular complexity index is 2170. The van der Waals surface area contributed by atoms with Crippen molar-refractivity contribution in [1.29, 1.82) is 0 Å². The van der Waals surface area contributed by atoms with E-state index in [1.807, 2.05) is 92.7 Å². The number of aromatic hydroxyl groups is 2. The lowest BCUT2D eigenvalue weighted by atomic mass is 9.80. The summed E-state index contributed by atoms with van der Waals surface area (Å²) in [7, 11) is 0. The molecule has 0 bridgehead atoms. The zero-order valence-corrected chi connectivity index (χ0v) is 37.0. The van der Waals surface area contributed by atoms with Gasteiger partial charge in [-0.05, 0) is 72.4 Å². The van der Waals surface area contributed by atoms with Crippen LogP contribution in [0.5, 0.6) is 11.5 Å². The number of phenolic OH excluding ortho intramolecular Hbond substituents is 2. The number of aliphatic hydroxyl groups excluding tert-OH is 1. The van der Waals surface area contributed by atoms with Crippen molar-refractivity contribution in [2.24, 2.45) is 17.6 Å². The first-order valence-electron chi connectivity index (χ1n) is 21.9. The van der Waals surface area contributed by atoms with Crippen molar-refractivity contribution in [3.05, 3.63) is 131 Å². The summed E-state index contributed by atoms with van der Waals surface area (Å²) in [6.07, 6.45) is -0.185. The molecule has 10 N–H and O–H groups in total. The molecule has 15 heteroatoms. The summed E-state index contributed by atoms with van der Waals surface area (Å²) in [5.74, 6) is -4.62. The Balaban J connectivity index is 1.29. The van der Waals surface area contributed by atoms with Gasteiger partial charge >= 0.3 is 0 Å². The number of piperidine rings is 1. The number of nitrogens with zero attached hydrogens (tertiary/aromatic N) is 1. The summed E-state index contributed by atoms with van der Waals surface area (Å²) < 4.78 is 0.